The number of benzene rings is 2. The first kappa shape index (κ1) is 17.0. The van der Waals surface area contributed by atoms with E-state index in [0.717, 1.165) is 0 Å². The zero-order valence-corrected chi connectivity index (χ0v) is 12.7. The van der Waals surface area contributed by atoms with Crippen LogP contribution in [0.1, 0.15) is 5.56 Å². The monoisotopic (exact) mass is 344 g/mol. The molecular weight excluding hydrogens is 332 g/mol. The van der Waals surface area contributed by atoms with Crippen molar-refractivity contribution in [1.29, 1.82) is 0 Å². The molecule has 8 heteroatoms. The molecule has 0 atom stereocenters. The van der Waals surface area contributed by atoms with E-state index in [2.05, 4.69) is 15.4 Å². The molecule has 2 aromatic carbocycles. The Morgan fingerprint density at radius 1 is 1.09 bits per heavy atom. The van der Waals surface area contributed by atoms with Crippen LogP contribution in [0, 0.1) is 12.7 Å². The first-order chi connectivity index (χ1) is 10.7. The van der Waals surface area contributed by atoms with Crippen LogP contribution in [0.4, 0.5) is 28.9 Å². The summed E-state index contributed by atoms with van der Waals surface area (Å²) in [5, 5.41) is 5.74. The van der Waals surface area contributed by atoms with Gasteiger partial charge in [0.15, 0.2) is 5.11 Å². The number of alkyl halides is 3. The molecule has 0 fully saturated rings. The third-order valence-corrected chi connectivity index (χ3v) is 2.97. The molecule has 0 saturated carbocycles. The molecule has 0 saturated heterocycles. The van der Waals surface area contributed by atoms with Gasteiger partial charge in [-0.3, -0.25) is 0 Å². The van der Waals surface area contributed by atoms with Crippen molar-refractivity contribution in [2.24, 2.45) is 0 Å². The van der Waals surface area contributed by atoms with Crippen LogP contribution in [-0.4, -0.2) is 11.5 Å². The van der Waals surface area contributed by atoms with Gasteiger partial charge in [-0.2, -0.15) is 0 Å². The first-order valence-corrected chi connectivity index (χ1v) is 6.84. The fraction of sp³-hybridized carbons (Fsp3) is 0.133. The lowest BCUT2D eigenvalue weighted by molar-refractivity contribution is -0.274. The second kappa shape index (κ2) is 6.82. The van der Waals surface area contributed by atoms with Crippen molar-refractivity contribution in [3.05, 3.63) is 53.8 Å². The van der Waals surface area contributed by atoms with Gasteiger partial charge in [0, 0.05) is 17.4 Å². The minimum Gasteiger partial charge on any atom is -0.406 e. The Bertz CT molecular complexity index is 719. The summed E-state index contributed by atoms with van der Waals surface area (Å²) in [6.07, 6.45) is -4.76. The van der Waals surface area contributed by atoms with Crippen LogP contribution < -0.4 is 15.4 Å². The zero-order valence-electron chi connectivity index (χ0n) is 11.9. The number of anilines is 2. The molecule has 2 aromatic rings. The van der Waals surface area contributed by atoms with Gasteiger partial charge in [-0.25, -0.2) is 4.39 Å². The number of nitrogens with one attached hydrogen (secondary N) is 2. The summed E-state index contributed by atoms with van der Waals surface area (Å²) in [5.41, 5.74) is 1.55. The summed E-state index contributed by atoms with van der Waals surface area (Å²) in [6.45, 7) is 1.70. The van der Waals surface area contributed by atoms with E-state index >= 15 is 0 Å². The van der Waals surface area contributed by atoms with Gasteiger partial charge in [-0.05, 0) is 55.0 Å². The smallest absolute Gasteiger partial charge is 0.406 e. The molecule has 0 aliphatic rings. The summed E-state index contributed by atoms with van der Waals surface area (Å²) in [6, 6.07) is 9.41. The number of hydrogen-bond acceptors (Lipinski definition) is 2. The Kier molecular flexibility index (Phi) is 5.05. The minimum absolute atomic E-state index is 0.156. The number of thiocarbonyl (C=S) groups is 1. The fourth-order valence-electron chi connectivity index (χ4n) is 1.82. The molecule has 0 aliphatic carbocycles. The average Bonchev–Trinajstić information content (AvgIpc) is 2.40. The van der Waals surface area contributed by atoms with Gasteiger partial charge in [0.2, 0.25) is 0 Å². The highest BCUT2D eigenvalue weighted by Crippen LogP contribution is 2.25. The van der Waals surface area contributed by atoms with E-state index in [-0.39, 0.29) is 16.7 Å². The van der Waals surface area contributed by atoms with Gasteiger partial charge >= 0.3 is 6.36 Å². The van der Waals surface area contributed by atoms with Crippen molar-refractivity contribution in [3.63, 3.8) is 0 Å². The highest BCUT2D eigenvalue weighted by molar-refractivity contribution is 7.80. The Labute approximate surface area is 135 Å². The lowest BCUT2D eigenvalue weighted by Gasteiger charge is -2.14. The Hall–Kier alpha value is -2.35. The molecule has 0 heterocycles. The molecule has 2 N–H and O–H groups in total. The fourth-order valence-corrected chi connectivity index (χ4v) is 2.05. The quantitative estimate of drug-likeness (QED) is 0.616. The van der Waals surface area contributed by atoms with E-state index in [4.69, 9.17) is 12.2 Å². The number of aryl methyl sites for hydroxylation is 1. The molecule has 0 aliphatic heterocycles. The maximum Gasteiger partial charge on any atom is 0.573 e. The summed E-state index contributed by atoms with van der Waals surface area (Å²) in [4.78, 5) is 0. The van der Waals surface area contributed by atoms with Gasteiger partial charge in [0.1, 0.15) is 11.6 Å². The molecule has 23 heavy (non-hydrogen) atoms. The Morgan fingerprint density at radius 2 is 1.83 bits per heavy atom. The number of rotatable bonds is 3. The zero-order chi connectivity index (χ0) is 17.0. The maximum absolute atomic E-state index is 13.0. The first-order valence-electron chi connectivity index (χ1n) is 6.43. The van der Waals surface area contributed by atoms with E-state index < -0.39 is 6.36 Å². The van der Waals surface area contributed by atoms with Crippen LogP contribution in [0.15, 0.2) is 42.5 Å². The van der Waals surface area contributed by atoms with Crippen LogP contribution in [0.5, 0.6) is 5.75 Å². The van der Waals surface area contributed by atoms with E-state index in [1.54, 1.807) is 6.92 Å². The molecule has 0 bridgehead atoms. The summed E-state index contributed by atoms with van der Waals surface area (Å²) in [5.74, 6) is -0.729. The predicted molar refractivity (Wildman–Crippen MR) is 84.1 cm³/mol. The molecule has 0 aromatic heterocycles. The van der Waals surface area contributed by atoms with Crippen molar-refractivity contribution in [2.45, 2.75) is 13.3 Å². The lowest BCUT2D eigenvalue weighted by atomic mass is 10.2. The van der Waals surface area contributed by atoms with E-state index in [1.807, 2.05) is 0 Å². The molecule has 0 spiro atoms. The van der Waals surface area contributed by atoms with Gasteiger partial charge in [0.05, 0.1) is 0 Å². The standard InChI is InChI=1S/C15H12F4N2OS/c1-9-7-10(16)5-6-13(9)21-14(23)20-11-3-2-4-12(8-11)22-15(17,18)19/h2-8H,1H3,(H2,20,21,23). The highest BCUT2D eigenvalue weighted by Gasteiger charge is 2.31. The van der Waals surface area contributed by atoms with Crippen molar-refractivity contribution >= 4 is 28.7 Å². The number of ether oxygens (including phenoxy) is 1. The van der Waals surface area contributed by atoms with Crippen LogP contribution >= 0.6 is 12.2 Å². The molecule has 3 nitrogen and oxygen atoms in total. The molecule has 0 unspecified atom stereocenters. The molecular formula is C15H12F4N2OS. The van der Waals surface area contributed by atoms with E-state index in [1.165, 1.54) is 42.5 Å². The lowest BCUT2D eigenvalue weighted by Crippen LogP contribution is -2.20. The Morgan fingerprint density at radius 3 is 2.48 bits per heavy atom. The summed E-state index contributed by atoms with van der Waals surface area (Å²) in [7, 11) is 0. The third kappa shape index (κ3) is 5.41. The number of hydrogen-bond donors (Lipinski definition) is 2. The van der Waals surface area contributed by atoms with Gasteiger partial charge in [-0.15, -0.1) is 13.2 Å². The Balaban J connectivity index is 2.04. The van der Waals surface area contributed by atoms with Crippen LogP contribution in [0.3, 0.4) is 0 Å². The van der Waals surface area contributed by atoms with Crippen molar-refractivity contribution in [3.8, 4) is 5.75 Å². The van der Waals surface area contributed by atoms with Crippen LogP contribution in [0.25, 0.3) is 0 Å². The predicted octanol–water partition coefficient (Wildman–Crippen LogP) is 4.84. The van der Waals surface area contributed by atoms with E-state index in [0.29, 0.717) is 16.9 Å². The van der Waals surface area contributed by atoms with Gasteiger partial charge in [0.25, 0.3) is 0 Å². The van der Waals surface area contributed by atoms with Crippen LogP contribution in [-0.2, 0) is 0 Å². The number of halogens is 4. The average molecular weight is 344 g/mol. The topological polar surface area (TPSA) is 33.3 Å². The normalized spacial score (nSPS) is 11.0. The third-order valence-electron chi connectivity index (χ3n) is 2.76. The minimum atomic E-state index is -4.76. The second-order valence-corrected chi connectivity index (χ2v) is 5.02. The van der Waals surface area contributed by atoms with Crippen LogP contribution in [0.2, 0.25) is 0 Å². The van der Waals surface area contributed by atoms with Gasteiger partial charge < -0.3 is 15.4 Å². The largest absolute Gasteiger partial charge is 0.573 e. The summed E-state index contributed by atoms with van der Waals surface area (Å²) >= 11 is 5.08. The van der Waals surface area contributed by atoms with Crippen molar-refractivity contribution in [2.75, 3.05) is 10.6 Å². The maximum atomic E-state index is 13.0. The second-order valence-electron chi connectivity index (χ2n) is 4.61. The molecule has 0 amide bonds. The highest BCUT2D eigenvalue weighted by atomic mass is 32.1. The SMILES string of the molecule is Cc1cc(F)ccc1NC(=S)Nc1cccc(OC(F)(F)F)c1. The molecule has 2 rings (SSSR count). The molecule has 122 valence electrons. The van der Waals surface area contributed by atoms with Gasteiger partial charge in [-0.1, -0.05) is 6.07 Å². The van der Waals surface area contributed by atoms with E-state index in [9.17, 15) is 17.6 Å². The van der Waals surface area contributed by atoms with Crippen molar-refractivity contribution in [1.82, 2.24) is 0 Å². The summed E-state index contributed by atoms with van der Waals surface area (Å²) < 4.78 is 53.4. The van der Waals surface area contributed by atoms with Crippen molar-refractivity contribution < 1.29 is 22.3 Å². The molecule has 0 radical (unpaired) electrons.